The first-order valence-electron chi connectivity index (χ1n) is 20.2. The molecule has 0 aromatic carbocycles. The molecular formula is C38H68BrN5O13. The van der Waals surface area contributed by atoms with E-state index in [1.165, 1.54) is 25.7 Å². The number of carbonyl (C=O) groups is 7. The van der Waals surface area contributed by atoms with Gasteiger partial charge in [-0.25, -0.2) is 0 Å². The van der Waals surface area contributed by atoms with E-state index in [1.54, 1.807) is 0 Å². The molecule has 0 saturated heterocycles. The van der Waals surface area contributed by atoms with Crippen LogP contribution in [-0.4, -0.2) is 143 Å². The van der Waals surface area contributed by atoms with Gasteiger partial charge in [0.2, 0.25) is 29.5 Å². The van der Waals surface area contributed by atoms with Crippen molar-refractivity contribution in [3.8, 4) is 0 Å². The van der Waals surface area contributed by atoms with Crippen molar-refractivity contribution in [1.82, 2.24) is 26.6 Å². The molecule has 57 heavy (non-hydrogen) atoms. The minimum Gasteiger partial charge on any atom is -0.481 e. The SMILES string of the molecule is O=C(O)CCCCCCCCCCCCCCC(=O)NCC[C@H](C(=O)O)C(=O)NCCOCCOCC(=O)NCCOCCOCCC(=O)NCCNC(=O)CBr. The van der Waals surface area contributed by atoms with Crippen LogP contribution in [-0.2, 0) is 52.5 Å². The van der Waals surface area contributed by atoms with Gasteiger partial charge >= 0.3 is 11.9 Å². The summed E-state index contributed by atoms with van der Waals surface area (Å²) in [4.78, 5) is 81.3. The average molecular weight is 883 g/mol. The van der Waals surface area contributed by atoms with E-state index in [0.717, 1.165) is 51.4 Å². The molecule has 0 bridgehead atoms. The number of rotatable bonds is 41. The van der Waals surface area contributed by atoms with Gasteiger partial charge in [-0.05, 0) is 19.3 Å². The standard InChI is InChI=1S/C38H68BrN5O13/c39-29-34(47)42-19-18-41-33(46)16-22-54-25-26-55-23-20-43-35(48)30-57-28-27-56-24-21-44-37(51)31(38(52)53)15-17-40-32(45)13-11-9-7-5-3-1-2-4-6-8-10-12-14-36(49)50/h31H,1-30H2,(H,40,45)(H,41,46)(H,42,47)(H,43,48)(H,44,51)(H,49,50)(H,52,53)/t31-/m0/s1. The fraction of sp³-hybridized carbons (Fsp3) is 0.816. The van der Waals surface area contributed by atoms with Crippen molar-refractivity contribution in [2.45, 2.75) is 103 Å². The number of ether oxygens (including phenoxy) is 4. The van der Waals surface area contributed by atoms with E-state index < -0.39 is 23.8 Å². The zero-order chi connectivity index (χ0) is 42.2. The number of hydrogen-bond acceptors (Lipinski definition) is 11. The predicted molar refractivity (Wildman–Crippen MR) is 215 cm³/mol. The molecule has 0 aliphatic rings. The maximum Gasteiger partial charge on any atom is 0.316 e. The molecule has 0 spiro atoms. The van der Waals surface area contributed by atoms with Crippen LogP contribution in [0.2, 0.25) is 0 Å². The number of alkyl halides is 1. The van der Waals surface area contributed by atoms with Gasteiger partial charge in [-0.1, -0.05) is 80.1 Å². The Labute approximate surface area is 345 Å². The summed E-state index contributed by atoms with van der Waals surface area (Å²) in [6.45, 7) is 2.48. The van der Waals surface area contributed by atoms with Gasteiger partial charge in [-0.3, -0.25) is 33.6 Å². The highest BCUT2D eigenvalue weighted by Crippen LogP contribution is 2.13. The summed E-state index contributed by atoms with van der Waals surface area (Å²) in [7, 11) is 0. The molecule has 1 atom stereocenters. The molecule has 0 fully saturated rings. The van der Waals surface area contributed by atoms with Crippen LogP contribution in [0.1, 0.15) is 103 Å². The van der Waals surface area contributed by atoms with Gasteiger partial charge in [0.05, 0.1) is 51.6 Å². The monoisotopic (exact) mass is 881 g/mol. The predicted octanol–water partition coefficient (Wildman–Crippen LogP) is 2.06. The smallest absolute Gasteiger partial charge is 0.316 e. The number of halogens is 1. The Kier molecular flexibility index (Phi) is 37.1. The van der Waals surface area contributed by atoms with E-state index in [2.05, 4.69) is 42.5 Å². The highest BCUT2D eigenvalue weighted by atomic mass is 79.9. The molecule has 330 valence electrons. The van der Waals surface area contributed by atoms with Gasteiger partial charge in [0.1, 0.15) is 12.5 Å². The molecule has 7 N–H and O–H groups in total. The maximum absolute atomic E-state index is 12.4. The first kappa shape index (κ1) is 53.6. The summed E-state index contributed by atoms with van der Waals surface area (Å²) in [6, 6.07) is 0. The van der Waals surface area contributed by atoms with Crippen LogP contribution in [0, 0.1) is 5.92 Å². The summed E-state index contributed by atoms with van der Waals surface area (Å²) in [5.41, 5.74) is 0. The van der Waals surface area contributed by atoms with Gasteiger partial charge < -0.3 is 55.7 Å². The van der Waals surface area contributed by atoms with Crippen molar-refractivity contribution < 1.29 is 62.7 Å². The van der Waals surface area contributed by atoms with E-state index in [0.29, 0.717) is 32.7 Å². The van der Waals surface area contributed by atoms with E-state index in [4.69, 9.17) is 24.1 Å². The lowest BCUT2D eigenvalue weighted by atomic mass is 10.0. The summed E-state index contributed by atoms with van der Waals surface area (Å²) < 4.78 is 21.3. The second kappa shape index (κ2) is 39.4. The van der Waals surface area contributed by atoms with Gasteiger partial charge in [0.15, 0.2) is 0 Å². The Morgan fingerprint density at radius 2 is 0.877 bits per heavy atom. The fourth-order valence-corrected chi connectivity index (χ4v) is 5.43. The number of carboxylic acids is 2. The average Bonchev–Trinajstić information content (AvgIpc) is 3.18. The molecule has 0 saturated carbocycles. The third-order valence-corrected chi connectivity index (χ3v) is 8.88. The molecule has 0 rings (SSSR count). The molecule has 0 aliphatic carbocycles. The first-order chi connectivity index (χ1) is 27.6. The minimum atomic E-state index is -1.30. The van der Waals surface area contributed by atoms with Crippen molar-refractivity contribution in [1.29, 1.82) is 0 Å². The van der Waals surface area contributed by atoms with Crippen LogP contribution in [0.5, 0.6) is 0 Å². The number of carbonyl (C=O) groups excluding carboxylic acids is 5. The van der Waals surface area contributed by atoms with Crippen LogP contribution >= 0.6 is 15.9 Å². The van der Waals surface area contributed by atoms with Gasteiger partial charge in [-0.15, -0.1) is 0 Å². The molecule has 0 aliphatic heterocycles. The zero-order valence-electron chi connectivity index (χ0n) is 33.6. The van der Waals surface area contributed by atoms with Crippen LogP contribution in [0.4, 0.5) is 0 Å². The lowest BCUT2D eigenvalue weighted by Crippen LogP contribution is -2.39. The second-order valence-corrected chi connectivity index (χ2v) is 13.8. The van der Waals surface area contributed by atoms with Gasteiger partial charge in [0, 0.05) is 52.0 Å². The molecular weight excluding hydrogens is 814 g/mol. The summed E-state index contributed by atoms with van der Waals surface area (Å²) >= 11 is 3.03. The van der Waals surface area contributed by atoms with Crippen LogP contribution in [0.15, 0.2) is 0 Å². The Hall–Kier alpha value is -3.39. The van der Waals surface area contributed by atoms with E-state index >= 15 is 0 Å². The van der Waals surface area contributed by atoms with E-state index in [9.17, 15) is 38.7 Å². The van der Waals surface area contributed by atoms with Crippen molar-refractivity contribution in [3.63, 3.8) is 0 Å². The lowest BCUT2D eigenvalue weighted by Gasteiger charge is -2.13. The number of amides is 5. The van der Waals surface area contributed by atoms with Crippen molar-refractivity contribution >= 4 is 57.4 Å². The van der Waals surface area contributed by atoms with Crippen molar-refractivity contribution in [2.75, 3.05) is 90.9 Å². The Bertz CT molecular complexity index is 1120. The number of hydrogen-bond donors (Lipinski definition) is 7. The molecule has 5 amide bonds. The molecule has 0 radical (unpaired) electrons. The van der Waals surface area contributed by atoms with Gasteiger partial charge in [0.25, 0.3) is 0 Å². The lowest BCUT2D eigenvalue weighted by molar-refractivity contribution is -0.147. The van der Waals surface area contributed by atoms with Crippen LogP contribution in [0.3, 0.4) is 0 Å². The van der Waals surface area contributed by atoms with E-state index in [1.807, 2.05) is 0 Å². The number of nitrogens with one attached hydrogen (secondary N) is 5. The number of aliphatic carboxylic acids is 2. The highest BCUT2D eigenvalue weighted by molar-refractivity contribution is 9.09. The molecule has 0 aromatic rings. The highest BCUT2D eigenvalue weighted by Gasteiger charge is 2.25. The zero-order valence-corrected chi connectivity index (χ0v) is 35.1. The van der Waals surface area contributed by atoms with Gasteiger partial charge in [-0.2, -0.15) is 0 Å². The molecule has 18 nitrogen and oxygen atoms in total. The number of unbranched alkanes of at least 4 members (excludes halogenated alkanes) is 11. The Morgan fingerprint density at radius 3 is 1.42 bits per heavy atom. The second-order valence-electron chi connectivity index (χ2n) is 13.3. The van der Waals surface area contributed by atoms with E-state index in [-0.39, 0.29) is 107 Å². The Morgan fingerprint density at radius 1 is 0.439 bits per heavy atom. The number of carboxylic acid groups (broad SMARTS) is 2. The summed E-state index contributed by atoms with van der Waals surface area (Å²) in [5.74, 6) is -4.78. The molecule has 0 aromatic heterocycles. The summed E-state index contributed by atoms with van der Waals surface area (Å²) in [6.07, 6.45) is 13.4. The van der Waals surface area contributed by atoms with Crippen molar-refractivity contribution in [3.05, 3.63) is 0 Å². The fourth-order valence-electron chi connectivity index (χ4n) is 5.23. The largest absolute Gasteiger partial charge is 0.481 e. The maximum atomic E-state index is 12.4. The quantitative estimate of drug-likeness (QED) is 0.0264. The first-order valence-corrected chi connectivity index (χ1v) is 21.3. The third-order valence-electron chi connectivity index (χ3n) is 8.37. The topological polar surface area (TPSA) is 257 Å². The van der Waals surface area contributed by atoms with Crippen molar-refractivity contribution in [2.24, 2.45) is 5.92 Å². The summed E-state index contributed by atoms with van der Waals surface area (Å²) in [5, 5.41) is 31.5. The van der Waals surface area contributed by atoms with Crippen LogP contribution < -0.4 is 26.6 Å². The third kappa shape index (κ3) is 37.9. The minimum absolute atomic E-state index is 0.0302. The Balaban J connectivity index is 3.66. The van der Waals surface area contributed by atoms with Crippen LogP contribution in [0.25, 0.3) is 0 Å². The normalized spacial score (nSPS) is 11.4. The molecule has 19 heteroatoms. The molecule has 0 heterocycles. The molecule has 0 unspecified atom stereocenters.